The monoisotopic (exact) mass is 254 g/mol. The number of hydrogen-bond donors (Lipinski definition) is 0. The van der Waals surface area contributed by atoms with Gasteiger partial charge >= 0.3 is 0 Å². The van der Waals surface area contributed by atoms with Crippen LogP contribution in [0.3, 0.4) is 0 Å². The van der Waals surface area contributed by atoms with Crippen LogP contribution in [-0.4, -0.2) is 0 Å². The molecule has 0 aliphatic heterocycles. The largest absolute Gasteiger partial charge is 0.489 e. The third-order valence-corrected chi connectivity index (χ3v) is 2.66. The first kappa shape index (κ1) is 11.9. The van der Waals surface area contributed by atoms with Gasteiger partial charge in [0.1, 0.15) is 24.0 Å². The normalized spacial score (nSPS) is 10.3. The number of rotatable bonds is 3. The minimum Gasteiger partial charge on any atom is -0.489 e. The maximum Gasteiger partial charge on any atom is 0.142 e. The predicted octanol–water partition coefficient (Wildman–Crippen LogP) is 4.20. The van der Waals surface area contributed by atoms with Crippen LogP contribution in [0.25, 0.3) is 0 Å². The molecule has 17 heavy (non-hydrogen) atoms. The predicted molar refractivity (Wildman–Crippen MR) is 62.1 cm³/mol. The molecular weight excluding hydrogens is 246 g/mol. The number of ether oxygens (including phenoxy) is 1. The Kier molecular flexibility index (Phi) is 3.59. The molecule has 1 nitrogen and oxygen atoms in total. The summed E-state index contributed by atoms with van der Waals surface area (Å²) in [5.74, 6) is -0.306. The molecule has 0 spiro atoms. The standard InChI is InChI=1S/C13H9ClF2O/c14-13-9(2-1-3-12(13)16)8-17-11-6-4-10(15)5-7-11/h1-7H,8H2. The summed E-state index contributed by atoms with van der Waals surface area (Å²) >= 11 is 5.77. The van der Waals surface area contributed by atoms with Crippen molar-refractivity contribution < 1.29 is 13.5 Å². The molecule has 0 saturated heterocycles. The van der Waals surface area contributed by atoms with E-state index in [0.29, 0.717) is 11.3 Å². The third-order valence-electron chi connectivity index (χ3n) is 2.24. The Morgan fingerprint density at radius 3 is 2.41 bits per heavy atom. The number of hydrogen-bond acceptors (Lipinski definition) is 1. The molecule has 0 unspecified atom stereocenters. The summed E-state index contributed by atoms with van der Waals surface area (Å²) in [5.41, 5.74) is 0.552. The summed E-state index contributed by atoms with van der Waals surface area (Å²) in [6.07, 6.45) is 0. The SMILES string of the molecule is Fc1ccc(OCc2cccc(F)c2Cl)cc1. The fourth-order valence-electron chi connectivity index (χ4n) is 1.35. The van der Waals surface area contributed by atoms with Gasteiger partial charge in [0.15, 0.2) is 0 Å². The Morgan fingerprint density at radius 1 is 1.00 bits per heavy atom. The number of halogens is 3. The van der Waals surface area contributed by atoms with Gasteiger partial charge in [-0.3, -0.25) is 0 Å². The Labute approximate surface area is 103 Å². The Bertz CT molecular complexity index is 511. The average Bonchev–Trinajstić information content (AvgIpc) is 2.33. The highest BCUT2D eigenvalue weighted by Gasteiger charge is 2.06. The molecule has 0 aliphatic carbocycles. The van der Waals surface area contributed by atoms with Gasteiger partial charge in [0.25, 0.3) is 0 Å². The summed E-state index contributed by atoms with van der Waals surface area (Å²) in [4.78, 5) is 0. The van der Waals surface area contributed by atoms with Crippen molar-refractivity contribution in [1.82, 2.24) is 0 Å². The molecule has 0 radical (unpaired) electrons. The molecule has 2 aromatic carbocycles. The Hall–Kier alpha value is -1.61. The van der Waals surface area contributed by atoms with Gasteiger partial charge in [0, 0.05) is 5.56 Å². The van der Waals surface area contributed by atoms with Gasteiger partial charge in [0.05, 0.1) is 5.02 Å². The van der Waals surface area contributed by atoms with E-state index in [1.807, 2.05) is 0 Å². The van der Waals surface area contributed by atoms with Crippen molar-refractivity contribution in [3.63, 3.8) is 0 Å². The van der Waals surface area contributed by atoms with E-state index >= 15 is 0 Å². The molecule has 4 heteroatoms. The van der Waals surface area contributed by atoms with E-state index in [2.05, 4.69) is 0 Å². The first-order valence-corrected chi connectivity index (χ1v) is 5.36. The molecule has 0 amide bonds. The van der Waals surface area contributed by atoms with Crippen LogP contribution < -0.4 is 4.74 Å². The van der Waals surface area contributed by atoms with E-state index < -0.39 is 5.82 Å². The van der Waals surface area contributed by atoms with E-state index in [1.165, 1.54) is 30.3 Å². The lowest BCUT2D eigenvalue weighted by molar-refractivity contribution is 0.305. The summed E-state index contributed by atoms with van der Waals surface area (Å²) in [6.45, 7) is 0.141. The zero-order valence-corrected chi connectivity index (χ0v) is 9.55. The van der Waals surface area contributed by atoms with Crippen molar-refractivity contribution in [2.75, 3.05) is 0 Å². The minimum absolute atomic E-state index is 0.0506. The lowest BCUT2D eigenvalue weighted by atomic mass is 10.2. The van der Waals surface area contributed by atoms with Crippen molar-refractivity contribution in [2.45, 2.75) is 6.61 Å². The minimum atomic E-state index is -0.480. The second-order valence-electron chi connectivity index (χ2n) is 3.46. The van der Waals surface area contributed by atoms with Crippen molar-refractivity contribution in [1.29, 1.82) is 0 Å². The zero-order chi connectivity index (χ0) is 12.3. The van der Waals surface area contributed by atoms with E-state index in [1.54, 1.807) is 12.1 Å². The van der Waals surface area contributed by atoms with Crippen LogP contribution in [0.15, 0.2) is 42.5 Å². The van der Waals surface area contributed by atoms with Crippen LogP contribution in [0.1, 0.15) is 5.56 Å². The van der Waals surface area contributed by atoms with Crippen molar-refractivity contribution in [2.24, 2.45) is 0 Å². The molecule has 0 atom stereocenters. The second kappa shape index (κ2) is 5.15. The van der Waals surface area contributed by atoms with Gasteiger partial charge in [-0.15, -0.1) is 0 Å². The van der Waals surface area contributed by atoms with Gasteiger partial charge in [-0.1, -0.05) is 23.7 Å². The van der Waals surface area contributed by atoms with Gasteiger partial charge in [-0.05, 0) is 30.3 Å². The highest BCUT2D eigenvalue weighted by Crippen LogP contribution is 2.21. The van der Waals surface area contributed by atoms with Gasteiger partial charge < -0.3 is 4.74 Å². The number of benzene rings is 2. The maximum atomic E-state index is 13.1. The highest BCUT2D eigenvalue weighted by molar-refractivity contribution is 6.31. The quantitative estimate of drug-likeness (QED) is 0.798. The molecular formula is C13H9ClF2O. The first-order valence-electron chi connectivity index (χ1n) is 4.98. The molecule has 0 aliphatic rings. The van der Waals surface area contributed by atoms with E-state index in [0.717, 1.165) is 0 Å². The smallest absolute Gasteiger partial charge is 0.142 e. The fraction of sp³-hybridized carbons (Fsp3) is 0.0769. The van der Waals surface area contributed by atoms with Crippen LogP contribution in [0.2, 0.25) is 5.02 Å². The van der Waals surface area contributed by atoms with E-state index in [4.69, 9.17) is 16.3 Å². The molecule has 0 fully saturated rings. The van der Waals surface area contributed by atoms with E-state index in [-0.39, 0.29) is 17.4 Å². The summed E-state index contributed by atoms with van der Waals surface area (Å²) in [5, 5.41) is 0.0506. The molecule has 0 N–H and O–H groups in total. The van der Waals surface area contributed by atoms with Crippen LogP contribution >= 0.6 is 11.6 Å². The fourth-order valence-corrected chi connectivity index (χ4v) is 1.53. The Balaban J connectivity index is 2.07. The topological polar surface area (TPSA) is 9.23 Å². The zero-order valence-electron chi connectivity index (χ0n) is 8.79. The van der Waals surface area contributed by atoms with Crippen LogP contribution in [-0.2, 0) is 6.61 Å². The van der Waals surface area contributed by atoms with Gasteiger partial charge in [-0.25, -0.2) is 8.78 Å². The molecule has 0 heterocycles. The summed E-state index contributed by atoms with van der Waals surface area (Å²) in [7, 11) is 0. The van der Waals surface area contributed by atoms with Crippen LogP contribution in [0, 0.1) is 11.6 Å². The molecule has 2 aromatic rings. The first-order chi connectivity index (χ1) is 8.16. The lowest BCUT2D eigenvalue weighted by Gasteiger charge is -2.07. The van der Waals surface area contributed by atoms with Gasteiger partial charge in [-0.2, -0.15) is 0 Å². The average molecular weight is 255 g/mol. The van der Waals surface area contributed by atoms with Crippen LogP contribution in [0.5, 0.6) is 5.75 Å². The maximum absolute atomic E-state index is 13.1. The van der Waals surface area contributed by atoms with Crippen molar-refractivity contribution in [3.8, 4) is 5.75 Å². The van der Waals surface area contributed by atoms with Crippen molar-refractivity contribution >= 4 is 11.6 Å². The second-order valence-corrected chi connectivity index (χ2v) is 3.83. The van der Waals surface area contributed by atoms with Crippen molar-refractivity contribution in [3.05, 3.63) is 64.7 Å². The molecule has 0 saturated carbocycles. The van der Waals surface area contributed by atoms with Gasteiger partial charge in [0.2, 0.25) is 0 Å². The third kappa shape index (κ3) is 2.94. The molecule has 0 bridgehead atoms. The van der Waals surface area contributed by atoms with Crippen LogP contribution in [0.4, 0.5) is 8.78 Å². The molecule has 88 valence electrons. The summed E-state index contributed by atoms with van der Waals surface area (Å²) < 4.78 is 31.1. The Morgan fingerprint density at radius 2 is 1.71 bits per heavy atom. The molecule has 0 aromatic heterocycles. The van der Waals surface area contributed by atoms with E-state index in [9.17, 15) is 8.78 Å². The lowest BCUT2D eigenvalue weighted by Crippen LogP contribution is -1.97. The highest BCUT2D eigenvalue weighted by atomic mass is 35.5. The molecule has 2 rings (SSSR count). The summed E-state index contributed by atoms with van der Waals surface area (Å²) in [6, 6.07) is 10.1.